The van der Waals surface area contributed by atoms with Gasteiger partial charge in [0.1, 0.15) is 6.17 Å². The van der Waals surface area contributed by atoms with Crippen molar-refractivity contribution in [2.75, 3.05) is 52.5 Å². The van der Waals surface area contributed by atoms with Crippen LogP contribution in [0.5, 0.6) is 0 Å². The van der Waals surface area contributed by atoms with E-state index < -0.39 is 78.1 Å². The van der Waals surface area contributed by atoms with Crippen LogP contribution >= 0.6 is 7.75 Å². The fourth-order valence-electron chi connectivity index (χ4n) is 5.09. The second-order valence-corrected chi connectivity index (χ2v) is 16.2. The van der Waals surface area contributed by atoms with Crippen LogP contribution in [-0.2, 0) is 33.7 Å². The molecule has 0 saturated carbocycles. The highest BCUT2D eigenvalue weighted by Gasteiger charge is 2.38. The molecule has 1 saturated heterocycles. The van der Waals surface area contributed by atoms with Crippen molar-refractivity contribution in [1.29, 1.82) is 0 Å². The number of halogens is 1. The minimum Gasteiger partial charge on any atom is -0.297 e. The van der Waals surface area contributed by atoms with Gasteiger partial charge >= 0.3 is 7.75 Å². The normalized spacial score (nSPS) is 18.0. The lowest BCUT2D eigenvalue weighted by atomic mass is 10.1. The summed E-state index contributed by atoms with van der Waals surface area (Å²) in [5.41, 5.74) is -1.31. The van der Waals surface area contributed by atoms with Gasteiger partial charge in [0.25, 0.3) is 11.4 Å². The van der Waals surface area contributed by atoms with Crippen LogP contribution in [0.1, 0.15) is 39.5 Å². The molecular formula is C27H39FN5O11PS2. The SMILES string of the molecule is CCOP(=O)(OCC)N1CCN(S(=O)(=O)c2ccccc2[N+](=O)[O-])CCCC(F)CCCN(S(=O)(=O)c2ccccc2[N+](=O)[O-])CC1. The van der Waals surface area contributed by atoms with Gasteiger partial charge in [-0.05, 0) is 51.7 Å². The quantitative estimate of drug-likeness (QED) is 0.178. The van der Waals surface area contributed by atoms with E-state index in [-0.39, 0.29) is 65.1 Å². The van der Waals surface area contributed by atoms with E-state index in [2.05, 4.69) is 0 Å². The molecular weight excluding hydrogens is 684 g/mol. The zero-order valence-corrected chi connectivity index (χ0v) is 28.6. The highest BCUT2D eigenvalue weighted by atomic mass is 32.2. The first kappa shape index (κ1) is 38.5. The fraction of sp³-hybridized carbons (Fsp3) is 0.556. The van der Waals surface area contributed by atoms with Crippen LogP contribution < -0.4 is 0 Å². The maximum atomic E-state index is 15.0. The summed E-state index contributed by atoms with van der Waals surface area (Å²) in [5, 5.41) is 23.4. The summed E-state index contributed by atoms with van der Waals surface area (Å²) in [6, 6.07) is 9.57. The van der Waals surface area contributed by atoms with Gasteiger partial charge in [-0.25, -0.2) is 30.5 Å². The molecule has 2 aromatic carbocycles. The number of hydrogen-bond acceptors (Lipinski definition) is 11. The van der Waals surface area contributed by atoms with E-state index >= 15 is 0 Å². The molecule has 47 heavy (non-hydrogen) atoms. The molecule has 0 radical (unpaired) electrons. The number of hydrogen-bond donors (Lipinski definition) is 0. The molecule has 0 bridgehead atoms. The predicted octanol–water partition coefficient (Wildman–Crippen LogP) is 4.58. The molecule has 2 aromatic rings. The lowest BCUT2D eigenvalue weighted by molar-refractivity contribution is -0.388. The second-order valence-electron chi connectivity index (χ2n) is 10.4. The Morgan fingerprint density at radius 2 is 1.13 bits per heavy atom. The van der Waals surface area contributed by atoms with E-state index in [0.29, 0.717) is 0 Å². The third-order valence-electron chi connectivity index (χ3n) is 7.36. The number of nitro benzene ring substituents is 2. The maximum Gasteiger partial charge on any atom is 0.408 e. The monoisotopic (exact) mass is 723 g/mol. The molecule has 0 spiro atoms. The molecule has 262 valence electrons. The first-order valence-corrected chi connectivity index (χ1v) is 19.3. The Hall–Kier alpha value is -2.90. The number of sulfonamides is 2. The average molecular weight is 724 g/mol. The van der Waals surface area contributed by atoms with Crippen LogP contribution in [0.15, 0.2) is 58.3 Å². The lowest BCUT2D eigenvalue weighted by Crippen LogP contribution is -2.43. The van der Waals surface area contributed by atoms with Crippen molar-refractivity contribution in [1.82, 2.24) is 13.3 Å². The van der Waals surface area contributed by atoms with Gasteiger partial charge < -0.3 is 0 Å². The second kappa shape index (κ2) is 17.0. The fourth-order valence-corrected chi connectivity index (χ4v) is 10.1. The number of rotatable bonds is 11. The molecule has 1 aliphatic rings. The zero-order valence-electron chi connectivity index (χ0n) is 26.0. The van der Waals surface area contributed by atoms with Crippen LogP contribution in [0.4, 0.5) is 15.8 Å². The van der Waals surface area contributed by atoms with Gasteiger partial charge in [0.2, 0.25) is 20.0 Å². The first-order valence-electron chi connectivity index (χ1n) is 14.9. The van der Waals surface area contributed by atoms with Gasteiger partial charge in [0.15, 0.2) is 9.79 Å². The minimum atomic E-state index is -4.54. The number of nitrogens with zero attached hydrogens (tertiary/aromatic N) is 5. The Bertz CT molecular complexity index is 1550. The molecule has 0 aliphatic carbocycles. The predicted molar refractivity (Wildman–Crippen MR) is 170 cm³/mol. The number of alkyl halides is 1. The van der Waals surface area contributed by atoms with Crippen molar-refractivity contribution in [2.24, 2.45) is 0 Å². The standard InChI is InChI=1S/C27H39FN5O11PS2/c1-3-43-45(38,44-4-2)29-19-21-30(46(39,40)26-15-7-5-13-24(26)32(34)35)17-9-11-23(28)12-10-18-31(22-20-29)47(41,42)27-16-8-6-14-25(27)33(36)37/h5-8,13-16,23H,3-4,9-12,17-22H2,1-2H3. The summed E-state index contributed by atoms with van der Waals surface area (Å²) in [4.78, 5) is 20.5. The van der Waals surface area contributed by atoms with Gasteiger partial charge in [-0.2, -0.15) is 8.61 Å². The Labute approximate surface area is 273 Å². The van der Waals surface area contributed by atoms with Crippen molar-refractivity contribution in [2.45, 2.75) is 55.5 Å². The number of para-hydroxylation sites is 2. The third-order valence-corrected chi connectivity index (χ3v) is 13.5. The van der Waals surface area contributed by atoms with Crippen LogP contribution in [0.3, 0.4) is 0 Å². The van der Waals surface area contributed by atoms with E-state index in [1.807, 2.05) is 0 Å². The van der Waals surface area contributed by atoms with E-state index in [0.717, 1.165) is 32.9 Å². The summed E-state index contributed by atoms with van der Waals surface area (Å²) in [6.45, 7) is 1.05. The van der Waals surface area contributed by atoms with E-state index in [1.54, 1.807) is 13.8 Å². The lowest BCUT2D eigenvalue weighted by Gasteiger charge is -2.33. The van der Waals surface area contributed by atoms with Crippen molar-refractivity contribution in [3.8, 4) is 0 Å². The third kappa shape index (κ3) is 9.60. The molecule has 0 atom stereocenters. The van der Waals surface area contributed by atoms with Crippen molar-refractivity contribution in [3.05, 3.63) is 68.8 Å². The van der Waals surface area contributed by atoms with E-state index in [9.17, 15) is 46.0 Å². The van der Waals surface area contributed by atoms with Gasteiger partial charge in [0.05, 0.1) is 23.1 Å². The van der Waals surface area contributed by atoms with Crippen molar-refractivity contribution in [3.63, 3.8) is 0 Å². The molecule has 1 aliphatic heterocycles. The topological polar surface area (TPSA) is 200 Å². The summed E-state index contributed by atoms with van der Waals surface area (Å²) in [7, 11) is -13.2. The summed E-state index contributed by atoms with van der Waals surface area (Å²) >= 11 is 0. The van der Waals surface area contributed by atoms with Crippen molar-refractivity contribution >= 4 is 39.2 Å². The Kier molecular flexibility index (Phi) is 13.9. The van der Waals surface area contributed by atoms with Gasteiger partial charge in [0, 0.05) is 51.4 Å². The Balaban J connectivity index is 2.07. The molecule has 0 N–H and O–H groups in total. The molecule has 3 rings (SSSR count). The molecule has 20 heteroatoms. The maximum absolute atomic E-state index is 15.0. The molecule has 0 unspecified atom stereocenters. The van der Waals surface area contributed by atoms with Crippen LogP contribution in [0.25, 0.3) is 0 Å². The Morgan fingerprint density at radius 1 is 0.745 bits per heavy atom. The number of benzene rings is 2. The average Bonchev–Trinajstić information content (AvgIpc) is 3.02. The summed E-state index contributed by atoms with van der Waals surface area (Å²) in [6.07, 6.45) is -1.58. The molecule has 0 amide bonds. The van der Waals surface area contributed by atoms with Gasteiger partial charge in [-0.3, -0.25) is 29.3 Å². The highest BCUT2D eigenvalue weighted by Crippen LogP contribution is 2.51. The van der Waals surface area contributed by atoms with Crippen LogP contribution in [-0.4, -0.2) is 98.6 Å². The summed E-state index contributed by atoms with van der Waals surface area (Å²) in [5.74, 6) is 0. The molecule has 1 heterocycles. The van der Waals surface area contributed by atoms with E-state index in [1.165, 1.54) is 28.9 Å². The van der Waals surface area contributed by atoms with Crippen LogP contribution in [0.2, 0.25) is 0 Å². The molecule has 0 aromatic heterocycles. The number of nitro groups is 2. The smallest absolute Gasteiger partial charge is 0.297 e. The zero-order chi connectivity index (χ0) is 34.8. The largest absolute Gasteiger partial charge is 0.408 e. The molecule has 16 nitrogen and oxygen atoms in total. The first-order chi connectivity index (χ1) is 22.2. The highest BCUT2D eigenvalue weighted by molar-refractivity contribution is 7.89. The van der Waals surface area contributed by atoms with Crippen LogP contribution in [0, 0.1) is 20.2 Å². The van der Waals surface area contributed by atoms with E-state index in [4.69, 9.17) is 9.05 Å². The van der Waals surface area contributed by atoms with Gasteiger partial charge in [-0.15, -0.1) is 0 Å². The van der Waals surface area contributed by atoms with Crippen molar-refractivity contribution < 1.29 is 44.7 Å². The summed E-state index contributed by atoms with van der Waals surface area (Å²) < 4.78 is 98.3. The van der Waals surface area contributed by atoms with Gasteiger partial charge in [-0.1, -0.05) is 24.3 Å². The minimum absolute atomic E-state index is 0.0217. The Morgan fingerprint density at radius 3 is 1.49 bits per heavy atom. The molecule has 1 fully saturated rings.